The summed E-state index contributed by atoms with van der Waals surface area (Å²) in [5.41, 5.74) is 0.0699. The van der Waals surface area contributed by atoms with Gasteiger partial charge in [-0.05, 0) is 23.1 Å². The Labute approximate surface area is 164 Å². The number of ether oxygens (including phenoxy) is 1. The topological polar surface area (TPSA) is 45.7 Å². The van der Waals surface area contributed by atoms with Crippen LogP contribution in [0.15, 0.2) is 29.3 Å². The van der Waals surface area contributed by atoms with Gasteiger partial charge in [0.05, 0.1) is 11.7 Å². The highest BCUT2D eigenvalue weighted by Crippen LogP contribution is 2.29. The molecule has 0 amide bonds. The van der Waals surface area contributed by atoms with Gasteiger partial charge >= 0.3 is 6.18 Å². The third-order valence-electron chi connectivity index (χ3n) is 3.67. The lowest BCUT2D eigenvalue weighted by Gasteiger charge is -2.30. The van der Waals surface area contributed by atoms with Crippen molar-refractivity contribution in [2.24, 2.45) is 10.4 Å². The molecule has 0 spiro atoms. The van der Waals surface area contributed by atoms with Gasteiger partial charge in [0.1, 0.15) is 0 Å². The maximum atomic E-state index is 12.5. The molecule has 2 N–H and O–H groups in total. The summed E-state index contributed by atoms with van der Waals surface area (Å²) in [6.07, 6.45) is -4.31. The van der Waals surface area contributed by atoms with Gasteiger partial charge in [-0.15, -0.1) is 24.0 Å². The monoisotopic (exact) mass is 473 g/mol. The van der Waals surface area contributed by atoms with Crippen LogP contribution in [0.3, 0.4) is 0 Å². The highest BCUT2D eigenvalue weighted by molar-refractivity contribution is 14.0. The Bertz CT molecular complexity index is 540. The second kappa shape index (κ2) is 10.2. The van der Waals surface area contributed by atoms with Crippen molar-refractivity contribution < 1.29 is 17.9 Å². The first-order valence-electron chi connectivity index (χ1n) is 7.71. The van der Waals surface area contributed by atoms with Gasteiger partial charge in [-0.3, -0.25) is 4.99 Å². The minimum atomic E-state index is -4.31. The maximum absolute atomic E-state index is 12.5. The quantitative estimate of drug-likeness (QED) is 0.386. The largest absolute Gasteiger partial charge is 0.416 e. The van der Waals surface area contributed by atoms with E-state index in [1.807, 2.05) is 0 Å². The number of halogens is 4. The number of guanidine groups is 1. The highest BCUT2D eigenvalue weighted by atomic mass is 127. The minimum absolute atomic E-state index is 0. The molecule has 0 saturated carbocycles. The first kappa shape index (κ1) is 24.0. The van der Waals surface area contributed by atoms with E-state index in [4.69, 9.17) is 4.74 Å². The molecule has 0 aliphatic heterocycles. The number of nitrogens with one attached hydrogen (secondary N) is 2. The SMILES string of the molecule is CN=C(NCc1ccc(C(F)(F)F)cc1)NCC(OC)C(C)(C)C.I. The fourth-order valence-corrected chi connectivity index (χ4v) is 2.15. The Morgan fingerprint density at radius 1 is 1.12 bits per heavy atom. The molecule has 1 aromatic carbocycles. The number of hydrogen-bond donors (Lipinski definition) is 2. The third-order valence-corrected chi connectivity index (χ3v) is 3.67. The molecule has 8 heteroatoms. The van der Waals surface area contributed by atoms with Crippen LogP contribution in [0, 0.1) is 5.41 Å². The molecule has 0 radical (unpaired) electrons. The van der Waals surface area contributed by atoms with Crippen molar-refractivity contribution in [3.63, 3.8) is 0 Å². The van der Waals surface area contributed by atoms with Gasteiger partial charge in [-0.2, -0.15) is 13.2 Å². The van der Waals surface area contributed by atoms with Crippen LogP contribution in [-0.2, 0) is 17.5 Å². The molecule has 4 nitrogen and oxygen atoms in total. The van der Waals surface area contributed by atoms with Gasteiger partial charge < -0.3 is 15.4 Å². The second-order valence-electron chi connectivity index (χ2n) is 6.59. The molecule has 0 aromatic heterocycles. The summed E-state index contributed by atoms with van der Waals surface area (Å²) >= 11 is 0. The van der Waals surface area contributed by atoms with Gasteiger partial charge in [0.15, 0.2) is 5.96 Å². The molecule has 144 valence electrons. The molecule has 0 bridgehead atoms. The number of benzene rings is 1. The zero-order chi connectivity index (χ0) is 18.4. The van der Waals surface area contributed by atoms with Crippen molar-refractivity contribution in [3.05, 3.63) is 35.4 Å². The van der Waals surface area contributed by atoms with Crippen LogP contribution in [0.2, 0.25) is 0 Å². The summed E-state index contributed by atoms with van der Waals surface area (Å²) in [6.45, 7) is 7.21. The molecule has 0 aliphatic carbocycles. The lowest BCUT2D eigenvalue weighted by Crippen LogP contribution is -2.45. The average molecular weight is 473 g/mol. The number of rotatable bonds is 5. The van der Waals surface area contributed by atoms with E-state index >= 15 is 0 Å². The highest BCUT2D eigenvalue weighted by Gasteiger charge is 2.29. The molecular formula is C17H27F3IN3O. The zero-order valence-corrected chi connectivity index (χ0v) is 17.5. The summed E-state index contributed by atoms with van der Waals surface area (Å²) in [7, 11) is 3.30. The fraction of sp³-hybridized carbons (Fsp3) is 0.588. The van der Waals surface area contributed by atoms with Crippen LogP contribution in [0.5, 0.6) is 0 Å². The van der Waals surface area contributed by atoms with Crippen molar-refractivity contribution in [2.45, 2.75) is 39.6 Å². The zero-order valence-electron chi connectivity index (χ0n) is 15.2. The van der Waals surface area contributed by atoms with E-state index in [2.05, 4.69) is 36.4 Å². The van der Waals surface area contributed by atoms with Crippen LogP contribution < -0.4 is 10.6 Å². The molecule has 1 aromatic rings. The van der Waals surface area contributed by atoms with E-state index in [1.54, 1.807) is 14.2 Å². The van der Waals surface area contributed by atoms with Crippen molar-refractivity contribution in [1.82, 2.24) is 10.6 Å². The molecular weight excluding hydrogens is 446 g/mol. The molecule has 1 rings (SSSR count). The lowest BCUT2D eigenvalue weighted by atomic mass is 9.89. The fourth-order valence-electron chi connectivity index (χ4n) is 2.15. The van der Waals surface area contributed by atoms with Gasteiger partial charge in [0.2, 0.25) is 0 Å². The number of alkyl halides is 3. The van der Waals surface area contributed by atoms with Gasteiger partial charge in [0.25, 0.3) is 0 Å². The number of methoxy groups -OCH3 is 1. The van der Waals surface area contributed by atoms with E-state index in [9.17, 15) is 13.2 Å². The smallest absolute Gasteiger partial charge is 0.379 e. The third kappa shape index (κ3) is 8.26. The standard InChI is InChI=1S/C17H26F3N3O.HI/c1-16(2,3)14(24-5)11-23-15(21-4)22-10-12-6-8-13(9-7-12)17(18,19)20;/h6-9,14H,10-11H2,1-5H3,(H2,21,22,23);1H. The molecule has 1 unspecified atom stereocenters. The van der Waals surface area contributed by atoms with Crippen LogP contribution >= 0.6 is 24.0 Å². The van der Waals surface area contributed by atoms with Crippen LogP contribution in [0.4, 0.5) is 13.2 Å². The van der Waals surface area contributed by atoms with Gasteiger partial charge in [0, 0.05) is 27.2 Å². The van der Waals surface area contributed by atoms with Crippen molar-refractivity contribution >= 4 is 29.9 Å². The van der Waals surface area contributed by atoms with Crippen molar-refractivity contribution in [2.75, 3.05) is 20.7 Å². The van der Waals surface area contributed by atoms with E-state index in [-0.39, 0.29) is 35.5 Å². The maximum Gasteiger partial charge on any atom is 0.416 e. The number of nitrogens with zero attached hydrogens (tertiary/aromatic N) is 1. The lowest BCUT2D eigenvalue weighted by molar-refractivity contribution is -0.137. The Kier molecular flexibility index (Phi) is 9.78. The Balaban J connectivity index is 0.00000576. The summed E-state index contributed by atoms with van der Waals surface area (Å²) in [5.74, 6) is 0.571. The molecule has 25 heavy (non-hydrogen) atoms. The molecule has 0 aliphatic rings. The van der Waals surface area contributed by atoms with Crippen molar-refractivity contribution in [1.29, 1.82) is 0 Å². The minimum Gasteiger partial charge on any atom is -0.379 e. The Morgan fingerprint density at radius 3 is 2.08 bits per heavy atom. The predicted octanol–water partition coefficient (Wildman–Crippen LogP) is 4.05. The Hall–Kier alpha value is -1.03. The summed E-state index contributed by atoms with van der Waals surface area (Å²) in [4.78, 5) is 4.11. The molecule has 1 atom stereocenters. The summed E-state index contributed by atoms with van der Waals surface area (Å²) in [6, 6.07) is 5.06. The average Bonchev–Trinajstić information content (AvgIpc) is 2.49. The first-order valence-corrected chi connectivity index (χ1v) is 7.71. The molecule has 0 fully saturated rings. The number of aliphatic imine (C=N–C) groups is 1. The van der Waals surface area contributed by atoms with Crippen LogP contribution in [0.25, 0.3) is 0 Å². The van der Waals surface area contributed by atoms with Gasteiger partial charge in [-0.25, -0.2) is 0 Å². The van der Waals surface area contributed by atoms with E-state index in [0.29, 0.717) is 19.0 Å². The Morgan fingerprint density at radius 2 is 1.68 bits per heavy atom. The summed E-state index contributed by atoms with van der Waals surface area (Å²) in [5, 5.41) is 6.24. The molecule has 0 heterocycles. The van der Waals surface area contributed by atoms with E-state index in [0.717, 1.165) is 17.7 Å². The summed E-state index contributed by atoms with van der Waals surface area (Å²) < 4.78 is 43.1. The normalized spacial score (nSPS) is 13.8. The molecule has 0 saturated heterocycles. The predicted molar refractivity (Wildman–Crippen MR) is 105 cm³/mol. The van der Waals surface area contributed by atoms with Crippen LogP contribution in [-0.4, -0.2) is 32.8 Å². The van der Waals surface area contributed by atoms with E-state index in [1.165, 1.54) is 12.1 Å². The first-order chi connectivity index (χ1) is 11.1. The number of hydrogen-bond acceptors (Lipinski definition) is 2. The second-order valence-corrected chi connectivity index (χ2v) is 6.59. The van der Waals surface area contributed by atoms with Crippen molar-refractivity contribution in [3.8, 4) is 0 Å². The van der Waals surface area contributed by atoms with Gasteiger partial charge in [-0.1, -0.05) is 32.9 Å². The van der Waals surface area contributed by atoms with E-state index < -0.39 is 11.7 Å². The van der Waals surface area contributed by atoms with Crippen LogP contribution in [0.1, 0.15) is 31.9 Å².